The summed E-state index contributed by atoms with van der Waals surface area (Å²) in [5, 5.41) is 0. The van der Waals surface area contributed by atoms with Crippen LogP contribution in [0.5, 0.6) is 0 Å². The maximum Gasteiger partial charge on any atom is 0.147 e. The van der Waals surface area contributed by atoms with E-state index in [0.29, 0.717) is 12.5 Å². The van der Waals surface area contributed by atoms with E-state index in [0.717, 1.165) is 19.4 Å². The van der Waals surface area contributed by atoms with Crippen molar-refractivity contribution in [3.8, 4) is 0 Å². The van der Waals surface area contributed by atoms with Crippen molar-refractivity contribution in [2.75, 3.05) is 23.5 Å². The Bertz CT molecular complexity index is 525. The van der Waals surface area contributed by atoms with Gasteiger partial charge in [0, 0.05) is 24.5 Å². The minimum Gasteiger partial charge on any atom is -0.368 e. The van der Waals surface area contributed by atoms with Gasteiger partial charge < -0.3 is 4.90 Å². The lowest BCUT2D eigenvalue weighted by Gasteiger charge is -2.38. The predicted molar refractivity (Wildman–Crippen MR) is 80.5 cm³/mol. The number of fused-ring (bicyclic) bond motifs is 1. The second kappa shape index (κ2) is 5.95. The summed E-state index contributed by atoms with van der Waals surface area (Å²) in [5.41, 5.74) is 2.70. The minimum atomic E-state index is -2.85. The van der Waals surface area contributed by atoms with E-state index >= 15 is 0 Å². The summed E-state index contributed by atoms with van der Waals surface area (Å²) in [6.45, 7) is 3.05. The summed E-state index contributed by atoms with van der Waals surface area (Å²) in [7, 11) is -2.85. The Hall–Kier alpha value is -1.03. The Balaban J connectivity index is 2.11. The van der Waals surface area contributed by atoms with Gasteiger partial charge >= 0.3 is 0 Å². The molecule has 0 aliphatic carbocycles. The Morgan fingerprint density at radius 3 is 2.74 bits per heavy atom. The maximum absolute atomic E-state index is 11.3. The molecule has 19 heavy (non-hydrogen) atoms. The van der Waals surface area contributed by atoms with Gasteiger partial charge in [-0.05, 0) is 37.3 Å². The van der Waals surface area contributed by atoms with Crippen LogP contribution in [0.2, 0.25) is 0 Å². The topological polar surface area (TPSA) is 37.4 Å². The number of hydrogen-bond acceptors (Lipinski definition) is 3. The Kier molecular flexibility index (Phi) is 4.50. The van der Waals surface area contributed by atoms with Crippen molar-refractivity contribution in [1.29, 1.82) is 0 Å². The van der Waals surface area contributed by atoms with Crippen LogP contribution in [0.1, 0.15) is 31.7 Å². The fourth-order valence-electron chi connectivity index (χ4n) is 2.90. The Labute approximate surface area is 116 Å². The minimum absolute atomic E-state index is 0.280. The number of sulfone groups is 1. The molecule has 0 bridgehead atoms. The van der Waals surface area contributed by atoms with E-state index in [1.54, 1.807) is 0 Å². The fraction of sp³-hybridized carbons (Fsp3) is 0.600. The van der Waals surface area contributed by atoms with E-state index in [-0.39, 0.29) is 5.75 Å². The van der Waals surface area contributed by atoms with Gasteiger partial charge in [0.05, 0.1) is 5.75 Å². The summed E-state index contributed by atoms with van der Waals surface area (Å²) in [4.78, 5) is 2.41. The van der Waals surface area contributed by atoms with Crippen LogP contribution in [0.3, 0.4) is 0 Å². The number of para-hydroxylation sites is 1. The van der Waals surface area contributed by atoms with Gasteiger partial charge in [-0.1, -0.05) is 25.1 Å². The van der Waals surface area contributed by atoms with E-state index in [1.807, 2.05) is 0 Å². The first-order valence-corrected chi connectivity index (χ1v) is 9.09. The van der Waals surface area contributed by atoms with E-state index in [2.05, 4.69) is 36.1 Å². The van der Waals surface area contributed by atoms with Crippen LogP contribution in [0, 0.1) is 0 Å². The van der Waals surface area contributed by atoms with Crippen LogP contribution < -0.4 is 4.90 Å². The van der Waals surface area contributed by atoms with Crippen molar-refractivity contribution in [1.82, 2.24) is 0 Å². The van der Waals surface area contributed by atoms with Crippen LogP contribution in [-0.2, 0) is 16.3 Å². The standard InChI is InChI=1S/C15H23NO2S/c1-3-14-10-9-13-7-4-5-8-15(13)16(14)11-6-12-19(2,17)18/h4-5,7-8,14H,3,6,9-12H2,1-2H3/t14-/m0/s1. The molecule has 0 radical (unpaired) electrons. The van der Waals surface area contributed by atoms with Crippen LogP contribution >= 0.6 is 0 Å². The van der Waals surface area contributed by atoms with Gasteiger partial charge in [-0.3, -0.25) is 0 Å². The quantitative estimate of drug-likeness (QED) is 0.832. The van der Waals surface area contributed by atoms with Gasteiger partial charge in [0.15, 0.2) is 0 Å². The highest BCUT2D eigenvalue weighted by atomic mass is 32.2. The molecule has 106 valence electrons. The number of anilines is 1. The summed E-state index contributed by atoms with van der Waals surface area (Å²) in [6.07, 6.45) is 5.45. The first-order chi connectivity index (χ1) is 9.01. The second-order valence-electron chi connectivity index (χ2n) is 5.41. The molecule has 0 fully saturated rings. The SMILES string of the molecule is CC[C@H]1CCc2ccccc2N1CCCS(C)(=O)=O. The van der Waals surface area contributed by atoms with Gasteiger partial charge in [0.1, 0.15) is 9.84 Å². The van der Waals surface area contributed by atoms with Crippen molar-refractivity contribution in [2.45, 2.75) is 38.6 Å². The van der Waals surface area contributed by atoms with Crippen molar-refractivity contribution < 1.29 is 8.42 Å². The number of rotatable bonds is 5. The average molecular weight is 281 g/mol. The molecular weight excluding hydrogens is 258 g/mol. The third kappa shape index (κ3) is 3.72. The molecule has 1 atom stereocenters. The molecule has 4 heteroatoms. The van der Waals surface area contributed by atoms with Crippen molar-refractivity contribution in [3.63, 3.8) is 0 Å². The highest BCUT2D eigenvalue weighted by Gasteiger charge is 2.24. The van der Waals surface area contributed by atoms with E-state index in [9.17, 15) is 8.42 Å². The Morgan fingerprint density at radius 2 is 2.05 bits per heavy atom. The van der Waals surface area contributed by atoms with Gasteiger partial charge in [0.25, 0.3) is 0 Å². The van der Waals surface area contributed by atoms with Crippen LogP contribution in [0.25, 0.3) is 0 Å². The molecule has 1 heterocycles. The van der Waals surface area contributed by atoms with Crippen molar-refractivity contribution in [2.24, 2.45) is 0 Å². The normalized spacial score (nSPS) is 19.3. The van der Waals surface area contributed by atoms with Gasteiger partial charge in [0.2, 0.25) is 0 Å². The zero-order chi connectivity index (χ0) is 13.9. The highest BCUT2D eigenvalue weighted by molar-refractivity contribution is 7.90. The third-order valence-electron chi connectivity index (χ3n) is 3.87. The van der Waals surface area contributed by atoms with Crippen LogP contribution in [0.4, 0.5) is 5.69 Å². The molecule has 1 aliphatic rings. The predicted octanol–water partition coefficient (Wildman–Crippen LogP) is 2.65. The highest BCUT2D eigenvalue weighted by Crippen LogP contribution is 2.31. The number of aryl methyl sites for hydroxylation is 1. The first-order valence-electron chi connectivity index (χ1n) is 7.03. The lowest BCUT2D eigenvalue weighted by molar-refractivity contribution is 0.510. The molecule has 3 nitrogen and oxygen atoms in total. The molecule has 1 aliphatic heterocycles. The fourth-order valence-corrected chi connectivity index (χ4v) is 3.56. The summed E-state index contributed by atoms with van der Waals surface area (Å²) in [6, 6.07) is 9.05. The maximum atomic E-state index is 11.3. The molecule has 0 amide bonds. The first kappa shape index (κ1) is 14.4. The third-order valence-corrected chi connectivity index (χ3v) is 4.90. The summed E-state index contributed by atoms with van der Waals surface area (Å²) >= 11 is 0. The van der Waals surface area contributed by atoms with Crippen molar-refractivity contribution >= 4 is 15.5 Å². The summed E-state index contributed by atoms with van der Waals surface area (Å²) < 4.78 is 22.5. The van der Waals surface area contributed by atoms with Gasteiger partial charge in [-0.15, -0.1) is 0 Å². The largest absolute Gasteiger partial charge is 0.368 e. The smallest absolute Gasteiger partial charge is 0.147 e. The number of benzene rings is 1. The monoisotopic (exact) mass is 281 g/mol. The lowest BCUT2D eigenvalue weighted by Crippen LogP contribution is -2.40. The molecular formula is C15H23NO2S. The van der Waals surface area contributed by atoms with Gasteiger partial charge in [-0.25, -0.2) is 8.42 Å². The second-order valence-corrected chi connectivity index (χ2v) is 7.67. The van der Waals surface area contributed by atoms with E-state index in [4.69, 9.17) is 0 Å². The molecule has 0 saturated heterocycles. The van der Waals surface area contributed by atoms with E-state index < -0.39 is 9.84 Å². The average Bonchev–Trinajstić information content (AvgIpc) is 2.37. The van der Waals surface area contributed by atoms with Gasteiger partial charge in [-0.2, -0.15) is 0 Å². The molecule has 0 N–H and O–H groups in total. The number of nitrogens with zero attached hydrogens (tertiary/aromatic N) is 1. The molecule has 2 rings (SSSR count). The van der Waals surface area contributed by atoms with E-state index in [1.165, 1.54) is 23.9 Å². The zero-order valence-corrected chi connectivity index (χ0v) is 12.6. The summed E-state index contributed by atoms with van der Waals surface area (Å²) in [5.74, 6) is 0.280. The number of hydrogen-bond donors (Lipinski definition) is 0. The van der Waals surface area contributed by atoms with Crippen molar-refractivity contribution in [3.05, 3.63) is 29.8 Å². The lowest BCUT2D eigenvalue weighted by atomic mass is 9.94. The molecule has 0 aromatic heterocycles. The molecule has 1 aromatic rings. The van der Waals surface area contributed by atoms with Crippen LogP contribution in [0.15, 0.2) is 24.3 Å². The Morgan fingerprint density at radius 1 is 1.32 bits per heavy atom. The molecule has 0 saturated carbocycles. The zero-order valence-electron chi connectivity index (χ0n) is 11.8. The molecule has 0 unspecified atom stereocenters. The molecule has 0 spiro atoms. The van der Waals surface area contributed by atoms with Crippen LogP contribution in [-0.4, -0.2) is 33.0 Å². The molecule has 1 aromatic carbocycles.